The number of halogens is 1. The Bertz CT molecular complexity index is 456. The van der Waals surface area contributed by atoms with Gasteiger partial charge in [-0.05, 0) is 59.9 Å². The third-order valence-corrected chi connectivity index (χ3v) is 6.21. The molecule has 0 bridgehead atoms. The number of para-hydroxylation sites is 1. The molecule has 1 N–H and O–H groups in total. The molecule has 0 amide bonds. The molecule has 1 saturated carbocycles. The lowest BCUT2D eigenvalue weighted by molar-refractivity contribution is 0.240. The Kier molecular flexibility index (Phi) is 5.43. The first-order valence-corrected chi connectivity index (χ1v) is 9.62. The zero-order chi connectivity index (χ0) is 14.7. The van der Waals surface area contributed by atoms with Gasteiger partial charge in [-0.15, -0.1) is 0 Å². The third-order valence-electron chi connectivity index (χ3n) is 5.30. The van der Waals surface area contributed by atoms with E-state index in [-0.39, 0.29) is 0 Å². The van der Waals surface area contributed by atoms with Gasteiger partial charge in [-0.2, -0.15) is 0 Å². The fourth-order valence-electron chi connectivity index (χ4n) is 4.02. The maximum Gasteiger partial charge on any atom is 0.0505 e. The van der Waals surface area contributed by atoms with Crippen LogP contribution in [0.3, 0.4) is 0 Å². The summed E-state index contributed by atoms with van der Waals surface area (Å²) in [4.78, 5) is 2.68. The Labute approximate surface area is 142 Å². The van der Waals surface area contributed by atoms with Crippen molar-refractivity contribution in [2.45, 2.75) is 57.5 Å². The highest BCUT2D eigenvalue weighted by Gasteiger charge is 2.32. The highest BCUT2D eigenvalue weighted by molar-refractivity contribution is 14.1. The summed E-state index contributed by atoms with van der Waals surface area (Å²) in [5, 5.41) is 3.86. The van der Waals surface area contributed by atoms with Crippen molar-refractivity contribution in [1.82, 2.24) is 5.32 Å². The lowest BCUT2D eigenvalue weighted by Gasteiger charge is -2.45. The van der Waals surface area contributed by atoms with Gasteiger partial charge in [-0.25, -0.2) is 0 Å². The van der Waals surface area contributed by atoms with Crippen molar-refractivity contribution in [1.29, 1.82) is 0 Å². The SMILES string of the molecule is CCC1CNC(C2CCCCC2)CN1c1ccccc1I. The molecule has 1 heterocycles. The topological polar surface area (TPSA) is 15.3 Å². The Balaban J connectivity index is 1.77. The van der Waals surface area contributed by atoms with Gasteiger partial charge in [0.1, 0.15) is 0 Å². The Morgan fingerprint density at radius 3 is 2.67 bits per heavy atom. The number of anilines is 1. The van der Waals surface area contributed by atoms with E-state index in [4.69, 9.17) is 0 Å². The van der Waals surface area contributed by atoms with E-state index in [2.05, 4.69) is 64.0 Å². The van der Waals surface area contributed by atoms with Gasteiger partial charge in [0, 0.05) is 28.7 Å². The number of hydrogen-bond donors (Lipinski definition) is 1. The number of benzene rings is 1. The third kappa shape index (κ3) is 3.55. The van der Waals surface area contributed by atoms with Crippen molar-refractivity contribution in [3.63, 3.8) is 0 Å². The number of rotatable bonds is 3. The summed E-state index contributed by atoms with van der Waals surface area (Å²) in [7, 11) is 0. The monoisotopic (exact) mass is 398 g/mol. The largest absolute Gasteiger partial charge is 0.365 e. The molecule has 1 aromatic rings. The minimum absolute atomic E-state index is 0.640. The smallest absolute Gasteiger partial charge is 0.0505 e. The summed E-state index contributed by atoms with van der Waals surface area (Å²) in [5.74, 6) is 0.889. The molecule has 1 aliphatic carbocycles. The zero-order valence-corrected chi connectivity index (χ0v) is 15.2. The van der Waals surface area contributed by atoms with Crippen LogP contribution in [0.25, 0.3) is 0 Å². The molecule has 0 radical (unpaired) electrons. The van der Waals surface area contributed by atoms with Crippen molar-refractivity contribution >= 4 is 28.3 Å². The zero-order valence-electron chi connectivity index (χ0n) is 13.0. The molecule has 1 saturated heterocycles. The highest BCUT2D eigenvalue weighted by Crippen LogP contribution is 2.32. The van der Waals surface area contributed by atoms with Crippen LogP contribution in [0, 0.1) is 9.49 Å². The summed E-state index contributed by atoms with van der Waals surface area (Å²) in [5.41, 5.74) is 1.44. The molecule has 0 spiro atoms. The standard InChI is InChI=1S/C18H27IN2/c1-2-15-12-20-17(14-8-4-3-5-9-14)13-21(15)18-11-7-6-10-16(18)19/h6-7,10-11,14-15,17,20H,2-5,8-9,12-13H2,1H3. The number of nitrogens with one attached hydrogen (secondary N) is 1. The summed E-state index contributed by atoms with van der Waals surface area (Å²) >= 11 is 2.49. The Morgan fingerprint density at radius 1 is 1.19 bits per heavy atom. The van der Waals surface area contributed by atoms with Gasteiger partial charge >= 0.3 is 0 Å². The van der Waals surface area contributed by atoms with Crippen LogP contribution in [0.2, 0.25) is 0 Å². The van der Waals surface area contributed by atoms with Crippen LogP contribution >= 0.6 is 22.6 Å². The summed E-state index contributed by atoms with van der Waals surface area (Å²) < 4.78 is 1.39. The molecule has 3 heteroatoms. The first-order valence-electron chi connectivity index (χ1n) is 8.54. The van der Waals surface area contributed by atoms with E-state index in [0.717, 1.165) is 12.5 Å². The van der Waals surface area contributed by atoms with E-state index < -0.39 is 0 Å². The van der Waals surface area contributed by atoms with Crippen molar-refractivity contribution in [3.05, 3.63) is 27.8 Å². The van der Waals surface area contributed by atoms with Crippen LogP contribution in [0.15, 0.2) is 24.3 Å². The number of piperazine rings is 1. The maximum atomic E-state index is 3.86. The van der Waals surface area contributed by atoms with Crippen molar-refractivity contribution in [2.75, 3.05) is 18.0 Å². The summed E-state index contributed by atoms with van der Waals surface area (Å²) in [6.07, 6.45) is 8.38. The Morgan fingerprint density at radius 2 is 1.95 bits per heavy atom. The fraction of sp³-hybridized carbons (Fsp3) is 0.667. The molecule has 1 aliphatic heterocycles. The number of nitrogens with zero attached hydrogens (tertiary/aromatic N) is 1. The highest BCUT2D eigenvalue weighted by atomic mass is 127. The minimum atomic E-state index is 0.640. The molecule has 2 unspecified atom stereocenters. The maximum absolute atomic E-state index is 3.86. The second kappa shape index (κ2) is 7.32. The van der Waals surface area contributed by atoms with Crippen LogP contribution in [0.4, 0.5) is 5.69 Å². The van der Waals surface area contributed by atoms with Crippen molar-refractivity contribution < 1.29 is 0 Å². The molecule has 21 heavy (non-hydrogen) atoms. The molecule has 2 atom stereocenters. The second-order valence-electron chi connectivity index (χ2n) is 6.58. The molecule has 1 aromatic carbocycles. The van der Waals surface area contributed by atoms with Gasteiger partial charge in [0.05, 0.1) is 5.69 Å². The average Bonchev–Trinajstić information content (AvgIpc) is 2.55. The van der Waals surface area contributed by atoms with Crippen LogP contribution < -0.4 is 10.2 Å². The van der Waals surface area contributed by atoms with E-state index in [1.165, 1.54) is 54.3 Å². The molecule has 2 aliphatic rings. The Hall–Kier alpha value is -0.290. The van der Waals surface area contributed by atoms with E-state index in [0.29, 0.717) is 12.1 Å². The van der Waals surface area contributed by atoms with E-state index >= 15 is 0 Å². The van der Waals surface area contributed by atoms with Gasteiger partial charge in [0.15, 0.2) is 0 Å². The van der Waals surface area contributed by atoms with Gasteiger partial charge in [0.2, 0.25) is 0 Å². The predicted octanol–water partition coefficient (Wildman–Crippen LogP) is 4.43. The summed E-state index contributed by atoms with van der Waals surface area (Å²) in [6.45, 7) is 4.64. The van der Waals surface area contributed by atoms with Gasteiger partial charge in [-0.3, -0.25) is 0 Å². The van der Waals surface area contributed by atoms with Crippen molar-refractivity contribution in [2.24, 2.45) is 5.92 Å². The minimum Gasteiger partial charge on any atom is -0.365 e. The van der Waals surface area contributed by atoms with Crippen LogP contribution in [0.5, 0.6) is 0 Å². The van der Waals surface area contributed by atoms with Gasteiger partial charge in [0.25, 0.3) is 0 Å². The first-order chi connectivity index (χ1) is 10.3. The molecule has 3 rings (SSSR count). The molecule has 116 valence electrons. The predicted molar refractivity (Wildman–Crippen MR) is 98.9 cm³/mol. The molecular formula is C18H27IN2. The van der Waals surface area contributed by atoms with Gasteiger partial charge < -0.3 is 10.2 Å². The van der Waals surface area contributed by atoms with E-state index in [1.807, 2.05) is 0 Å². The van der Waals surface area contributed by atoms with Crippen LogP contribution in [0.1, 0.15) is 45.4 Å². The first kappa shape index (κ1) is 15.6. The lowest BCUT2D eigenvalue weighted by Crippen LogP contribution is -2.59. The molecular weight excluding hydrogens is 371 g/mol. The molecule has 2 nitrogen and oxygen atoms in total. The summed E-state index contributed by atoms with van der Waals surface area (Å²) in [6, 6.07) is 10.2. The average molecular weight is 398 g/mol. The van der Waals surface area contributed by atoms with Crippen molar-refractivity contribution in [3.8, 4) is 0 Å². The molecule has 0 aromatic heterocycles. The van der Waals surface area contributed by atoms with E-state index in [9.17, 15) is 0 Å². The quantitative estimate of drug-likeness (QED) is 0.758. The van der Waals surface area contributed by atoms with Crippen LogP contribution in [-0.2, 0) is 0 Å². The number of hydrogen-bond acceptors (Lipinski definition) is 2. The second-order valence-corrected chi connectivity index (χ2v) is 7.74. The lowest BCUT2D eigenvalue weighted by atomic mass is 9.82. The molecule has 2 fully saturated rings. The van der Waals surface area contributed by atoms with E-state index in [1.54, 1.807) is 0 Å². The fourth-order valence-corrected chi connectivity index (χ4v) is 4.72. The van der Waals surface area contributed by atoms with Crippen LogP contribution in [-0.4, -0.2) is 25.2 Å². The van der Waals surface area contributed by atoms with Gasteiger partial charge in [-0.1, -0.05) is 38.3 Å². The normalized spacial score (nSPS) is 27.8.